The van der Waals surface area contributed by atoms with Crippen molar-refractivity contribution >= 4 is 54.0 Å². The van der Waals surface area contributed by atoms with Gasteiger partial charge in [-0.05, 0) is 79.2 Å². The average Bonchev–Trinajstić information content (AvgIpc) is 2.85. The molecule has 1 nitrogen and oxygen atoms in total. The lowest BCUT2D eigenvalue weighted by molar-refractivity contribution is 1.44. The van der Waals surface area contributed by atoms with Crippen molar-refractivity contribution in [1.29, 1.82) is 0 Å². The SMILES string of the molecule is c1ccc2cc3cc4c(-c5cccc6ncc7ccccc7c56)cccc4cc3cc2c1. The lowest BCUT2D eigenvalue weighted by Crippen LogP contribution is -1.88. The second-order valence-corrected chi connectivity index (χ2v) is 8.47. The first kappa shape index (κ1) is 17.5. The summed E-state index contributed by atoms with van der Waals surface area (Å²) in [6, 6.07) is 39.5. The molecule has 0 atom stereocenters. The van der Waals surface area contributed by atoms with Gasteiger partial charge in [0.15, 0.2) is 0 Å². The number of pyridine rings is 1. The molecule has 32 heavy (non-hydrogen) atoms. The maximum absolute atomic E-state index is 4.76. The van der Waals surface area contributed by atoms with Gasteiger partial charge in [-0.15, -0.1) is 0 Å². The monoisotopic (exact) mass is 405 g/mol. The largest absolute Gasteiger partial charge is 0.256 e. The van der Waals surface area contributed by atoms with E-state index in [1.54, 1.807) is 0 Å². The summed E-state index contributed by atoms with van der Waals surface area (Å²) in [5, 5.41) is 11.3. The van der Waals surface area contributed by atoms with Crippen LogP contribution in [0.25, 0.3) is 65.1 Å². The fourth-order valence-corrected chi connectivity index (χ4v) is 5.08. The van der Waals surface area contributed by atoms with Crippen molar-refractivity contribution in [2.45, 2.75) is 0 Å². The Balaban J connectivity index is 1.60. The van der Waals surface area contributed by atoms with Crippen molar-refractivity contribution in [1.82, 2.24) is 4.98 Å². The van der Waals surface area contributed by atoms with Gasteiger partial charge in [-0.1, -0.05) is 78.9 Å². The van der Waals surface area contributed by atoms with Crippen LogP contribution in [0.1, 0.15) is 0 Å². The molecule has 1 aromatic heterocycles. The Kier molecular flexibility index (Phi) is 3.62. The normalized spacial score (nSPS) is 11.8. The van der Waals surface area contributed by atoms with Gasteiger partial charge >= 0.3 is 0 Å². The number of nitrogens with zero attached hydrogens (tertiary/aromatic N) is 1. The molecule has 0 aliphatic carbocycles. The Morgan fingerprint density at radius 3 is 1.88 bits per heavy atom. The molecule has 1 heterocycles. The summed E-state index contributed by atoms with van der Waals surface area (Å²) in [4.78, 5) is 4.76. The highest BCUT2D eigenvalue weighted by Crippen LogP contribution is 2.38. The zero-order valence-corrected chi connectivity index (χ0v) is 17.4. The van der Waals surface area contributed by atoms with Gasteiger partial charge in [0.1, 0.15) is 0 Å². The second kappa shape index (κ2) is 6.63. The highest BCUT2D eigenvalue weighted by atomic mass is 14.6. The van der Waals surface area contributed by atoms with Gasteiger partial charge < -0.3 is 0 Å². The third-order valence-electron chi connectivity index (χ3n) is 6.61. The summed E-state index contributed by atoms with van der Waals surface area (Å²) < 4.78 is 0. The lowest BCUT2D eigenvalue weighted by atomic mass is 9.91. The van der Waals surface area contributed by atoms with Crippen LogP contribution in [0.3, 0.4) is 0 Å². The van der Waals surface area contributed by atoms with E-state index in [9.17, 15) is 0 Å². The van der Waals surface area contributed by atoms with E-state index in [4.69, 9.17) is 4.98 Å². The summed E-state index contributed by atoms with van der Waals surface area (Å²) in [5.74, 6) is 0. The minimum atomic E-state index is 1.03. The average molecular weight is 406 g/mol. The Morgan fingerprint density at radius 2 is 1.03 bits per heavy atom. The van der Waals surface area contributed by atoms with E-state index >= 15 is 0 Å². The molecule has 0 aliphatic heterocycles. The number of hydrogen-bond donors (Lipinski definition) is 0. The van der Waals surface area contributed by atoms with Crippen molar-refractivity contribution in [2.24, 2.45) is 0 Å². The first-order chi connectivity index (χ1) is 15.8. The maximum atomic E-state index is 4.76. The predicted molar refractivity (Wildman–Crippen MR) is 137 cm³/mol. The maximum Gasteiger partial charge on any atom is 0.0714 e. The van der Waals surface area contributed by atoms with Crippen molar-refractivity contribution in [3.8, 4) is 11.1 Å². The quantitative estimate of drug-likeness (QED) is 0.197. The van der Waals surface area contributed by atoms with E-state index < -0.39 is 0 Å². The van der Waals surface area contributed by atoms with Gasteiger partial charge in [-0.3, -0.25) is 4.98 Å². The molecule has 7 rings (SSSR count). The van der Waals surface area contributed by atoms with Crippen LogP contribution < -0.4 is 0 Å². The van der Waals surface area contributed by atoms with Crippen LogP contribution in [0.2, 0.25) is 0 Å². The smallest absolute Gasteiger partial charge is 0.0714 e. The Labute approximate surface area is 185 Å². The molecule has 0 amide bonds. The number of hydrogen-bond acceptors (Lipinski definition) is 1. The van der Waals surface area contributed by atoms with Crippen LogP contribution in [-0.2, 0) is 0 Å². The molecule has 0 radical (unpaired) electrons. The summed E-state index contributed by atoms with van der Waals surface area (Å²) in [6.07, 6.45) is 1.98. The molecule has 0 aliphatic rings. The molecular formula is C31H19N. The molecule has 0 saturated heterocycles. The van der Waals surface area contributed by atoms with E-state index in [1.165, 1.54) is 59.6 Å². The molecule has 6 aromatic carbocycles. The van der Waals surface area contributed by atoms with E-state index in [0.29, 0.717) is 0 Å². The molecule has 0 bridgehead atoms. The van der Waals surface area contributed by atoms with Gasteiger partial charge in [0, 0.05) is 17.0 Å². The molecule has 0 spiro atoms. The van der Waals surface area contributed by atoms with Crippen LogP contribution in [0.15, 0.2) is 115 Å². The minimum Gasteiger partial charge on any atom is -0.256 e. The third-order valence-corrected chi connectivity index (χ3v) is 6.61. The fourth-order valence-electron chi connectivity index (χ4n) is 5.08. The summed E-state index contributed by atoms with van der Waals surface area (Å²) >= 11 is 0. The molecule has 0 N–H and O–H groups in total. The predicted octanol–water partition coefficient (Wildman–Crippen LogP) is 8.51. The molecule has 7 aromatic rings. The third kappa shape index (κ3) is 2.55. The molecule has 1 heteroatoms. The van der Waals surface area contributed by atoms with Crippen molar-refractivity contribution in [2.75, 3.05) is 0 Å². The molecular weight excluding hydrogens is 386 g/mol. The van der Waals surface area contributed by atoms with E-state index in [0.717, 1.165) is 5.52 Å². The van der Waals surface area contributed by atoms with Crippen molar-refractivity contribution in [3.05, 3.63) is 115 Å². The highest BCUT2D eigenvalue weighted by molar-refractivity contribution is 6.16. The van der Waals surface area contributed by atoms with Gasteiger partial charge in [0.2, 0.25) is 0 Å². The molecule has 0 fully saturated rings. The number of aromatic nitrogens is 1. The zero-order chi connectivity index (χ0) is 21.1. The van der Waals surface area contributed by atoms with Crippen LogP contribution in [0.5, 0.6) is 0 Å². The molecule has 148 valence electrons. The number of benzene rings is 6. The van der Waals surface area contributed by atoms with Gasteiger partial charge in [-0.2, -0.15) is 0 Å². The van der Waals surface area contributed by atoms with Crippen LogP contribution in [0.4, 0.5) is 0 Å². The molecule has 0 unspecified atom stereocenters. The fraction of sp³-hybridized carbons (Fsp3) is 0. The van der Waals surface area contributed by atoms with Gasteiger partial charge in [0.05, 0.1) is 5.52 Å². The van der Waals surface area contributed by atoms with Gasteiger partial charge in [-0.25, -0.2) is 0 Å². The summed E-state index contributed by atoms with van der Waals surface area (Å²) in [7, 11) is 0. The minimum absolute atomic E-state index is 1.03. The summed E-state index contributed by atoms with van der Waals surface area (Å²) in [6.45, 7) is 0. The topological polar surface area (TPSA) is 12.9 Å². The van der Waals surface area contributed by atoms with Crippen LogP contribution >= 0.6 is 0 Å². The van der Waals surface area contributed by atoms with Crippen LogP contribution in [-0.4, -0.2) is 4.98 Å². The Morgan fingerprint density at radius 1 is 0.406 bits per heavy atom. The van der Waals surface area contributed by atoms with E-state index in [-0.39, 0.29) is 0 Å². The zero-order valence-electron chi connectivity index (χ0n) is 17.4. The Hall–Kier alpha value is -4.23. The van der Waals surface area contributed by atoms with Gasteiger partial charge in [0.25, 0.3) is 0 Å². The number of rotatable bonds is 1. The highest BCUT2D eigenvalue weighted by Gasteiger charge is 2.12. The van der Waals surface area contributed by atoms with E-state index in [2.05, 4.69) is 109 Å². The van der Waals surface area contributed by atoms with Crippen molar-refractivity contribution < 1.29 is 0 Å². The second-order valence-electron chi connectivity index (χ2n) is 8.47. The summed E-state index contributed by atoms with van der Waals surface area (Å²) in [5.41, 5.74) is 3.52. The Bertz CT molecular complexity index is 1830. The first-order valence-electron chi connectivity index (χ1n) is 11.0. The number of fused-ring (bicyclic) bond motifs is 6. The van der Waals surface area contributed by atoms with E-state index in [1.807, 2.05) is 6.20 Å². The standard InChI is InChI=1S/C31H19N/c1-2-8-21-16-25-18-29-22(17-24(25)15-20(21)7-1)10-5-12-27(29)28-13-6-14-30-31(28)26-11-4-3-9-23(26)19-32-30/h1-19H. The van der Waals surface area contributed by atoms with Crippen LogP contribution in [0, 0.1) is 0 Å². The van der Waals surface area contributed by atoms with Crippen molar-refractivity contribution in [3.63, 3.8) is 0 Å². The lowest BCUT2D eigenvalue weighted by Gasteiger charge is -2.13. The first-order valence-corrected chi connectivity index (χ1v) is 11.0. The molecule has 0 saturated carbocycles.